The monoisotopic (exact) mass is 488 g/mol. The Morgan fingerprint density at radius 1 is 1.19 bits per heavy atom. The molecule has 1 aromatic carbocycles. The number of carbonyl (C=O) groups is 1. The van der Waals surface area contributed by atoms with Crippen LogP contribution in [0.4, 0.5) is 5.95 Å². The van der Waals surface area contributed by atoms with E-state index in [0.29, 0.717) is 32.0 Å². The van der Waals surface area contributed by atoms with Crippen molar-refractivity contribution in [3.05, 3.63) is 54.4 Å². The van der Waals surface area contributed by atoms with Gasteiger partial charge in [-0.2, -0.15) is 0 Å². The van der Waals surface area contributed by atoms with E-state index in [-0.39, 0.29) is 11.9 Å². The largest absolute Gasteiger partial charge is 0.488 e. The maximum absolute atomic E-state index is 12.0. The van der Waals surface area contributed by atoms with Crippen molar-refractivity contribution in [3.63, 3.8) is 0 Å². The van der Waals surface area contributed by atoms with Gasteiger partial charge >= 0.3 is 0 Å². The number of pyridine rings is 1. The Labute approximate surface area is 211 Å². The van der Waals surface area contributed by atoms with Crippen LogP contribution in [0.5, 0.6) is 5.75 Å². The number of imidazole rings is 1. The minimum Gasteiger partial charge on any atom is -0.488 e. The zero-order valence-electron chi connectivity index (χ0n) is 21.1. The Balaban J connectivity index is 1.64. The van der Waals surface area contributed by atoms with Crippen LogP contribution in [0.25, 0.3) is 16.6 Å². The van der Waals surface area contributed by atoms with E-state index in [1.165, 1.54) is 0 Å². The predicted octanol–water partition coefficient (Wildman–Crippen LogP) is 3.90. The molecule has 9 nitrogen and oxygen atoms in total. The topological polar surface area (TPSA) is 85.1 Å². The molecule has 1 atom stereocenters. The summed E-state index contributed by atoms with van der Waals surface area (Å²) < 4.78 is 8.67. The van der Waals surface area contributed by atoms with Crippen LogP contribution in [0.3, 0.4) is 0 Å². The van der Waals surface area contributed by atoms with Gasteiger partial charge in [0, 0.05) is 50.4 Å². The molecule has 1 saturated heterocycles. The zero-order chi connectivity index (χ0) is 25.2. The molecule has 2 aromatic heterocycles. The van der Waals surface area contributed by atoms with Crippen LogP contribution in [0.1, 0.15) is 44.5 Å². The first-order chi connectivity index (χ1) is 17.5. The Morgan fingerprint density at radius 2 is 2.06 bits per heavy atom. The molecule has 4 heterocycles. The van der Waals surface area contributed by atoms with E-state index in [1.807, 2.05) is 49.1 Å². The summed E-state index contributed by atoms with van der Waals surface area (Å²) in [6.07, 6.45) is 2.69. The summed E-state index contributed by atoms with van der Waals surface area (Å²) in [5.41, 5.74) is 5.01. The lowest BCUT2D eigenvalue weighted by molar-refractivity contribution is -0.128. The first-order valence-corrected chi connectivity index (χ1v) is 12.4. The summed E-state index contributed by atoms with van der Waals surface area (Å²) in [6, 6.07) is 9.81. The highest BCUT2D eigenvalue weighted by Gasteiger charge is 2.33. The Morgan fingerprint density at radius 3 is 2.81 bits per heavy atom. The third-order valence-corrected chi connectivity index (χ3v) is 6.83. The molecule has 0 aliphatic carbocycles. The molecule has 1 amide bonds. The van der Waals surface area contributed by atoms with E-state index in [4.69, 9.17) is 14.6 Å². The van der Waals surface area contributed by atoms with Gasteiger partial charge in [-0.1, -0.05) is 17.8 Å². The molecule has 2 aliphatic heterocycles. The number of benzene rings is 1. The number of allylic oxidation sites excluding steroid dienone is 1. The predicted molar refractivity (Wildman–Crippen MR) is 140 cm³/mol. The summed E-state index contributed by atoms with van der Waals surface area (Å²) in [4.78, 5) is 31.2. The number of oxime groups is 1. The SMILES string of the molecule is C=C(/C(C)=N\OCC)c1ccc2nc(N3CCCN(C(C)=O)CC3)n3c2c1OC[C@@H]3c1ccccn1. The Hall–Kier alpha value is -3.88. The fourth-order valence-electron chi connectivity index (χ4n) is 4.92. The number of hydrogen-bond acceptors (Lipinski definition) is 7. The molecule has 9 heteroatoms. The fourth-order valence-corrected chi connectivity index (χ4v) is 4.92. The lowest BCUT2D eigenvalue weighted by atomic mass is 10.0. The number of carbonyl (C=O) groups excluding carboxylic acids is 1. The van der Waals surface area contributed by atoms with Gasteiger partial charge in [0.15, 0.2) is 5.75 Å². The summed E-state index contributed by atoms with van der Waals surface area (Å²) >= 11 is 0. The van der Waals surface area contributed by atoms with Gasteiger partial charge in [0.25, 0.3) is 0 Å². The van der Waals surface area contributed by atoms with E-state index in [0.717, 1.165) is 59.1 Å². The molecular formula is C27H32N6O3. The average molecular weight is 489 g/mol. The molecular weight excluding hydrogens is 456 g/mol. The van der Waals surface area contributed by atoms with Crippen LogP contribution in [0.2, 0.25) is 0 Å². The molecule has 5 rings (SSSR count). The van der Waals surface area contributed by atoms with Crippen molar-refractivity contribution in [1.82, 2.24) is 19.4 Å². The number of amides is 1. The molecule has 188 valence electrons. The van der Waals surface area contributed by atoms with E-state index in [9.17, 15) is 4.79 Å². The quantitative estimate of drug-likeness (QED) is 0.387. The summed E-state index contributed by atoms with van der Waals surface area (Å²) in [6.45, 7) is 13.6. The van der Waals surface area contributed by atoms with Crippen LogP contribution < -0.4 is 9.64 Å². The van der Waals surface area contributed by atoms with Gasteiger partial charge in [-0.25, -0.2) is 4.98 Å². The van der Waals surface area contributed by atoms with Crippen molar-refractivity contribution in [1.29, 1.82) is 0 Å². The number of nitrogens with zero attached hydrogens (tertiary/aromatic N) is 6. The van der Waals surface area contributed by atoms with E-state index >= 15 is 0 Å². The molecule has 1 fully saturated rings. The van der Waals surface area contributed by atoms with E-state index in [2.05, 4.69) is 26.2 Å². The molecule has 0 saturated carbocycles. The number of ether oxygens (including phenoxy) is 1. The Kier molecular flexibility index (Phi) is 6.63. The van der Waals surface area contributed by atoms with Crippen LogP contribution in [-0.2, 0) is 9.63 Å². The molecule has 0 spiro atoms. The second-order valence-electron chi connectivity index (χ2n) is 9.09. The van der Waals surface area contributed by atoms with Crippen molar-refractivity contribution < 1.29 is 14.4 Å². The summed E-state index contributed by atoms with van der Waals surface area (Å²) in [5.74, 6) is 1.73. The van der Waals surface area contributed by atoms with Gasteiger partial charge < -0.3 is 19.4 Å². The maximum atomic E-state index is 12.0. The minimum absolute atomic E-state index is 0.112. The van der Waals surface area contributed by atoms with E-state index in [1.54, 1.807) is 13.1 Å². The highest BCUT2D eigenvalue weighted by Crippen LogP contribution is 2.43. The molecule has 2 aliphatic rings. The molecule has 36 heavy (non-hydrogen) atoms. The lowest BCUT2D eigenvalue weighted by Gasteiger charge is -2.31. The van der Waals surface area contributed by atoms with Gasteiger partial charge in [0.05, 0.1) is 16.9 Å². The summed E-state index contributed by atoms with van der Waals surface area (Å²) in [5, 5.41) is 4.18. The van der Waals surface area contributed by atoms with Crippen LogP contribution in [0, 0.1) is 0 Å². The normalized spacial score (nSPS) is 18.1. The van der Waals surface area contributed by atoms with Crippen LogP contribution in [0.15, 0.2) is 48.3 Å². The first-order valence-electron chi connectivity index (χ1n) is 12.4. The zero-order valence-corrected chi connectivity index (χ0v) is 21.1. The van der Waals surface area contributed by atoms with E-state index < -0.39 is 0 Å². The molecule has 0 N–H and O–H groups in total. The first kappa shape index (κ1) is 23.8. The van der Waals surface area contributed by atoms with Crippen molar-refractivity contribution >= 4 is 34.2 Å². The Bertz CT molecular complexity index is 1320. The molecule has 0 bridgehead atoms. The van der Waals surface area contributed by atoms with Gasteiger partial charge in [0.2, 0.25) is 11.9 Å². The summed E-state index contributed by atoms with van der Waals surface area (Å²) in [7, 11) is 0. The lowest BCUT2D eigenvalue weighted by Crippen LogP contribution is -2.35. The van der Waals surface area contributed by atoms with Crippen molar-refractivity contribution in [2.24, 2.45) is 5.16 Å². The molecule has 0 radical (unpaired) electrons. The van der Waals surface area contributed by atoms with Crippen molar-refractivity contribution in [2.75, 3.05) is 44.3 Å². The third kappa shape index (κ3) is 4.29. The standard InChI is InChI=1S/C27H32N6O3/c1-5-36-30-19(3)18(2)21-10-11-23-25-26(21)35-17-24(22-9-6-7-12-28-22)33(25)27(29-23)32-14-8-13-31(15-16-32)20(4)34/h6-7,9-12,24H,2,5,8,13-17H2,1,3-4H3/b30-19-/t24-/m1/s1. The minimum atomic E-state index is -0.132. The third-order valence-electron chi connectivity index (χ3n) is 6.83. The number of aromatic nitrogens is 3. The highest BCUT2D eigenvalue weighted by molar-refractivity contribution is 6.23. The average Bonchev–Trinajstić information content (AvgIpc) is 3.11. The second-order valence-corrected chi connectivity index (χ2v) is 9.09. The maximum Gasteiger partial charge on any atom is 0.219 e. The van der Waals surface area contributed by atoms with Gasteiger partial charge in [-0.05, 0) is 44.5 Å². The molecule has 0 unspecified atom stereocenters. The van der Waals surface area contributed by atoms with Gasteiger partial charge in [-0.15, -0.1) is 0 Å². The molecule has 3 aromatic rings. The second kappa shape index (κ2) is 10.0. The fraction of sp³-hybridized carbons (Fsp3) is 0.407. The van der Waals surface area contributed by atoms with Crippen LogP contribution in [-0.4, -0.2) is 70.4 Å². The number of rotatable bonds is 6. The van der Waals surface area contributed by atoms with Crippen LogP contribution >= 0.6 is 0 Å². The number of hydrogen-bond donors (Lipinski definition) is 0. The smallest absolute Gasteiger partial charge is 0.219 e. The number of anilines is 1. The van der Waals surface area contributed by atoms with Crippen molar-refractivity contribution in [3.8, 4) is 5.75 Å². The van der Waals surface area contributed by atoms with Crippen molar-refractivity contribution in [2.45, 2.75) is 33.2 Å². The van der Waals surface area contributed by atoms with Gasteiger partial charge in [0.1, 0.15) is 24.8 Å². The van der Waals surface area contributed by atoms with Gasteiger partial charge in [-0.3, -0.25) is 14.3 Å². The highest BCUT2D eigenvalue weighted by atomic mass is 16.6.